The Bertz CT molecular complexity index is 499. The third-order valence-electron chi connectivity index (χ3n) is 3.53. The van der Waals surface area contributed by atoms with Gasteiger partial charge in [-0.15, -0.1) is 0 Å². The Morgan fingerprint density at radius 3 is 2.63 bits per heavy atom. The average molecular weight is 290 g/mol. The van der Waals surface area contributed by atoms with Crippen LogP contribution in [-0.2, 0) is 4.79 Å². The zero-order valence-electron chi connectivity index (χ0n) is 10.1. The summed E-state index contributed by atoms with van der Waals surface area (Å²) in [5.74, 6) is -4.45. The number of carboxylic acids is 1. The van der Waals surface area contributed by atoms with E-state index >= 15 is 0 Å². The number of nitrogen functional groups attached to an aromatic ring is 1. The number of hydrogen-bond acceptors (Lipinski definition) is 2. The fraction of sp³-hybridized carbons (Fsp3) is 0.462. The highest BCUT2D eigenvalue weighted by atomic mass is 35.5. The summed E-state index contributed by atoms with van der Waals surface area (Å²) >= 11 is 5.80. The minimum atomic E-state index is -2.67. The number of carbonyl (C=O) groups is 1. The molecule has 0 bridgehead atoms. The van der Waals surface area contributed by atoms with Crippen molar-refractivity contribution in [3.63, 3.8) is 0 Å². The maximum Gasteiger partial charge on any atom is 0.303 e. The molecule has 1 aromatic carbocycles. The SMILES string of the molecule is Nc1cc(C(CC(=O)O)C2CC(F)(F)C2)ccc1Cl. The highest BCUT2D eigenvalue weighted by molar-refractivity contribution is 6.33. The van der Waals surface area contributed by atoms with Crippen LogP contribution in [-0.4, -0.2) is 17.0 Å². The van der Waals surface area contributed by atoms with Crippen molar-refractivity contribution in [2.75, 3.05) is 5.73 Å². The zero-order chi connectivity index (χ0) is 14.2. The summed E-state index contributed by atoms with van der Waals surface area (Å²) in [6.07, 6.45) is -0.719. The van der Waals surface area contributed by atoms with Crippen LogP contribution < -0.4 is 5.73 Å². The van der Waals surface area contributed by atoms with Gasteiger partial charge in [-0.3, -0.25) is 4.79 Å². The minimum Gasteiger partial charge on any atom is -0.481 e. The lowest BCUT2D eigenvalue weighted by Gasteiger charge is -2.40. The summed E-state index contributed by atoms with van der Waals surface area (Å²) in [7, 11) is 0. The molecule has 0 spiro atoms. The number of halogens is 3. The van der Waals surface area contributed by atoms with E-state index in [1.807, 2.05) is 0 Å². The normalized spacial score (nSPS) is 19.7. The lowest BCUT2D eigenvalue weighted by molar-refractivity contribution is -0.142. The van der Waals surface area contributed by atoms with Crippen LogP contribution in [0.5, 0.6) is 0 Å². The van der Waals surface area contributed by atoms with Crippen molar-refractivity contribution in [2.45, 2.75) is 31.1 Å². The van der Waals surface area contributed by atoms with Gasteiger partial charge in [0.1, 0.15) is 0 Å². The Hall–Kier alpha value is -1.36. The molecular formula is C13H14ClF2NO2. The van der Waals surface area contributed by atoms with E-state index in [4.69, 9.17) is 22.4 Å². The summed E-state index contributed by atoms with van der Waals surface area (Å²) < 4.78 is 25.9. The first-order chi connectivity index (χ1) is 8.78. The van der Waals surface area contributed by atoms with Crippen molar-refractivity contribution >= 4 is 23.3 Å². The van der Waals surface area contributed by atoms with Crippen LogP contribution >= 0.6 is 11.6 Å². The summed E-state index contributed by atoms with van der Waals surface area (Å²) in [6.45, 7) is 0. The molecule has 0 radical (unpaired) electrons. The van der Waals surface area contributed by atoms with Crippen LogP contribution in [0.3, 0.4) is 0 Å². The van der Waals surface area contributed by atoms with Gasteiger partial charge in [0.05, 0.1) is 17.1 Å². The molecule has 0 saturated heterocycles. The predicted molar refractivity (Wildman–Crippen MR) is 68.5 cm³/mol. The third-order valence-corrected chi connectivity index (χ3v) is 3.88. The second kappa shape index (κ2) is 4.96. The lowest BCUT2D eigenvalue weighted by atomic mass is 9.69. The molecule has 19 heavy (non-hydrogen) atoms. The largest absolute Gasteiger partial charge is 0.481 e. The Kier molecular flexibility index (Phi) is 3.67. The smallest absolute Gasteiger partial charge is 0.303 e. The van der Waals surface area contributed by atoms with Gasteiger partial charge < -0.3 is 10.8 Å². The minimum absolute atomic E-state index is 0.179. The van der Waals surface area contributed by atoms with Gasteiger partial charge in [-0.05, 0) is 29.5 Å². The molecule has 1 unspecified atom stereocenters. The van der Waals surface area contributed by atoms with E-state index in [0.717, 1.165) is 0 Å². The standard InChI is InChI=1S/C13H14ClF2NO2/c14-10-2-1-7(3-11(10)17)9(4-12(18)19)8-5-13(15,16)6-8/h1-3,8-9H,4-6,17H2,(H,18,19). The number of carboxylic acid groups (broad SMARTS) is 1. The fourth-order valence-corrected chi connectivity index (χ4v) is 2.65. The maximum atomic E-state index is 13.0. The number of hydrogen-bond donors (Lipinski definition) is 2. The molecule has 0 heterocycles. The van der Waals surface area contributed by atoms with Crippen molar-refractivity contribution in [2.24, 2.45) is 5.92 Å². The van der Waals surface area contributed by atoms with E-state index in [1.54, 1.807) is 18.2 Å². The second-order valence-electron chi connectivity index (χ2n) is 5.01. The van der Waals surface area contributed by atoms with E-state index < -0.39 is 17.8 Å². The molecule has 1 aliphatic rings. The average Bonchev–Trinajstić information content (AvgIpc) is 2.26. The molecule has 6 heteroatoms. The molecule has 2 rings (SSSR count). The molecule has 1 fully saturated rings. The molecule has 1 saturated carbocycles. The predicted octanol–water partition coefficient (Wildman–Crippen LogP) is 3.53. The molecule has 0 aromatic heterocycles. The van der Waals surface area contributed by atoms with Crippen molar-refractivity contribution in [1.82, 2.24) is 0 Å². The second-order valence-corrected chi connectivity index (χ2v) is 5.42. The third kappa shape index (κ3) is 3.15. The van der Waals surface area contributed by atoms with Gasteiger partial charge in [0.2, 0.25) is 5.92 Å². The highest BCUT2D eigenvalue weighted by Gasteiger charge is 2.49. The maximum absolute atomic E-state index is 13.0. The Balaban J connectivity index is 2.22. The van der Waals surface area contributed by atoms with Gasteiger partial charge in [-0.25, -0.2) is 8.78 Å². The van der Waals surface area contributed by atoms with Crippen molar-refractivity contribution in [3.8, 4) is 0 Å². The van der Waals surface area contributed by atoms with Crippen LogP contribution in [0.25, 0.3) is 0 Å². The number of nitrogens with two attached hydrogens (primary N) is 1. The number of alkyl halides is 2. The van der Waals surface area contributed by atoms with Crippen molar-refractivity contribution < 1.29 is 18.7 Å². The quantitative estimate of drug-likeness (QED) is 0.834. The summed E-state index contributed by atoms with van der Waals surface area (Å²) in [4.78, 5) is 10.9. The zero-order valence-corrected chi connectivity index (χ0v) is 10.8. The van der Waals surface area contributed by atoms with E-state index in [9.17, 15) is 13.6 Å². The van der Waals surface area contributed by atoms with E-state index in [0.29, 0.717) is 16.3 Å². The molecule has 0 aliphatic heterocycles. The van der Waals surface area contributed by atoms with Crippen LogP contribution in [0, 0.1) is 5.92 Å². The van der Waals surface area contributed by atoms with Crippen LogP contribution in [0.2, 0.25) is 5.02 Å². The first-order valence-electron chi connectivity index (χ1n) is 5.93. The molecule has 0 amide bonds. The van der Waals surface area contributed by atoms with Gasteiger partial charge in [0, 0.05) is 12.8 Å². The molecule has 1 aromatic rings. The fourth-order valence-electron chi connectivity index (χ4n) is 2.53. The number of aliphatic carboxylic acids is 1. The van der Waals surface area contributed by atoms with Crippen LogP contribution in [0.1, 0.15) is 30.7 Å². The Labute approximate surface area is 114 Å². The van der Waals surface area contributed by atoms with Gasteiger partial charge in [0.15, 0.2) is 0 Å². The topological polar surface area (TPSA) is 63.3 Å². The van der Waals surface area contributed by atoms with Crippen LogP contribution in [0.4, 0.5) is 14.5 Å². The number of rotatable bonds is 4. The molecule has 1 atom stereocenters. The Morgan fingerprint density at radius 1 is 1.53 bits per heavy atom. The monoisotopic (exact) mass is 289 g/mol. The highest BCUT2D eigenvalue weighted by Crippen LogP contribution is 2.50. The summed E-state index contributed by atoms with van der Waals surface area (Å²) in [5, 5.41) is 9.29. The molecule has 104 valence electrons. The van der Waals surface area contributed by atoms with E-state index in [1.165, 1.54) is 0 Å². The summed E-state index contributed by atoms with van der Waals surface area (Å²) in [5.41, 5.74) is 6.67. The van der Waals surface area contributed by atoms with Gasteiger partial charge in [-0.1, -0.05) is 17.7 Å². The molecular weight excluding hydrogens is 276 g/mol. The molecule has 3 nitrogen and oxygen atoms in total. The lowest BCUT2D eigenvalue weighted by Crippen LogP contribution is -2.39. The first kappa shape index (κ1) is 14.1. The van der Waals surface area contributed by atoms with E-state index in [-0.39, 0.29) is 25.2 Å². The molecule has 3 N–H and O–H groups in total. The van der Waals surface area contributed by atoms with Gasteiger partial charge >= 0.3 is 5.97 Å². The molecule has 1 aliphatic carbocycles. The van der Waals surface area contributed by atoms with Gasteiger partial charge in [0.25, 0.3) is 0 Å². The van der Waals surface area contributed by atoms with Crippen molar-refractivity contribution in [3.05, 3.63) is 28.8 Å². The Morgan fingerprint density at radius 2 is 2.16 bits per heavy atom. The van der Waals surface area contributed by atoms with Crippen molar-refractivity contribution in [1.29, 1.82) is 0 Å². The van der Waals surface area contributed by atoms with Crippen LogP contribution in [0.15, 0.2) is 18.2 Å². The summed E-state index contributed by atoms with van der Waals surface area (Å²) in [6, 6.07) is 4.80. The number of benzene rings is 1. The first-order valence-corrected chi connectivity index (χ1v) is 6.31. The number of anilines is 1. The van der Waals surface area contributed by atoms with E-state index in [2.05, 4.69) is 0 Å². The van der Waals surface area contributed by atoms with Gasteiger partial charge in [-0.2, -0.15) is 0 Å².